The lowest BCUT2D eigenvalue weighted by Gasteiger charge is -2.21. The summed E-state index contributed by atoms with van der Waals surface area (Å²) in [5, 5.41) is 5.71. The molecule has 0 bridgehead atoms. The van der Waals surface area contributed by atoms with Crippen LogP contribution in [0.2, 0.25) is 10.0 Å². The van der Waals surface area contributed by atoms with Crippen LogP contribution in [0.15, 0.2) is 48.5 Å². The van der Waals surface area contributed by atoms with Gasteiger partial charge in [-0.3, -0.25) is 0 Å². The summed E-state index contributed by atoms with van der Waals surface area (Å²) in [6.45, 7) is 3.43. The van der Waals surface area contributed by atoms with Gasteiger partial charge in [0.25, 0.3) is 0 Å². The number of carbonyl (C=O) groups excluding carboxylic acids is 1. The van der Waals surface area contributed by atoms with Crippen LogP contribution in [0, 0.1) is 0 Å². The SMILES string of the molecule is COC(=O)C(C)(C)OCc1cc(-c2cccc(OC3CC3)c2)n(-c2ccc(Cl)cc2Cl)n1. The van der Waals surface area contributed by atoms with Crippen molar-refractivity contribution in [2.24, 2.45) is 0 Å². The molecule has 4 rings (SSSR count). The van der Waals surface area contributed by atoms with E-state index in [1.807, 2.05) is 36.4 Å². The summed E-state index contributed by atoms with van der Waals surface area (Å²) < 4.78 is 18.3. The zero-order valence-corrected chi connectivity index (χ0v) is 19.6. The first-order chi connectivity index (χ1) is 15.3. The van der Waals surface area contributed by atoms with Crippen molar-refractivity contribution in [2.75, 3.05) is 7.11 Å². The van der Waals surface area contributed by atoms with Crippen LogP contribution in [0.5, 0.6) is 5.75 Å². The van der Waals surface area contributed by atoms with E-state index in [0.717, 1.165) is 29.8 Å². The third-order valence-electron chi connectivity index (χ3n) is 5.11. The molecule has 1 aromatic heterocycles. The van der Waals surface area contributed by atoms with Gasteiger partial charge < -0.3 is 14.2 Å². The maximum absolute atomic E-state index is 12.0. The van der Waals surface area contributed by atoms with Crippen LogP contribution >= 0.6 is 23.2 Å². The average molecular weight is 475 g/mol. The van der Waals surface area contributed by atoms with Crippen molar-refractivity contribution in [2.45, 2.75) is 45.0 Å². The minimum absolute atomic E-state index is 0.117. The highest BCUT2D eigenvalue weighted by molar-refractivity contribution is 6.35. The van der Waals surface area contributed by atoms with E-state index in [-0.39, 0.29) is 6.61 Å². The summed E-state index contributed by atoms with van der Waals surface area (Å²) in [4.78, 5) is 12.0. The maximum Gasteiger partial charge on any atom is 0.337 e. The van der Waals surface area contributed by atoms with Crippen molar-refractivity contribution >= 4 is 29.2 Å². The van der Waals surface area contributed by atoms with E-state index < -0.39 is 11.6 Å². The van der Waals surface area contributed by atoms with Gasteiger partial charge in [-0.2, -0.15) is 5.10 Å². The second-order valence-electron chi connectivity index (χ2n) is 8.16. The maximum atomic E-state index is 12.0. The molecular formula is C24H24Cl2N2O4. The van der Waals surface area contributed by atoms with Gasteiger partial charge in [0.05, 0.1) is 41.9 Å². The quantitative estimate of drug-likeness (QED) is 0.382. The molecule has 1 heterocycles. The molecule has 0 spiro atoms. The molecular weight excluding hydrogens is 451 g/mol. The Kier molecular flexibility index (Phi) is 6.47. The fraction of sp³-hybridized carbons (Fsp3) is 0.333. The highest BCUT2D eigenvalue weighted by Gasteiger charge is 2.30. The van der Waals surface area contributed by atoms with Crippen molar-refractivity contribution in [3.05, 3.63) is 64.3 Å². The van der Waals surface area contributed by atoms with Crippen molar-refractivity contribution < 1.29 is 19.0 Å². The summed E-state index contributed by atoms with van der Waals surface area (Å²) in [7, 11) is 1.33. The van der Waals surface area contributed by atoms with Crippen molar-refractivity contribution in [3.63, 3.8) is 0 Å². The Balaban J connectivity index is 1.71. The monoisotopic (exact) mass is 474 g/mol. The van der Waals surface area contributed by atoms with E-state index in [4.69, 9.17) is 42.5 Å². The Hall–Kier alpha value is -2.54. The minimum atomic E-state index is -1.10. The number of halogens is 2. The topological polar surface area (TPSA) is 62.6 Å². The van der Waals surface area contributed by atoms with Gasteiger partial charge in [0, 0.05) is 10.6 Å². The Labute approximate surface area is 197 Å². The van der Waals surface area contributed by atoms with E-state index in [2.05, 4.69) is 0 Å². The number of methoxy groups -OCH3 is 1. The molecule has 6 nitrogen and oxygen atoms in total. The van der Waals surface area contributed by atoms with Crippen LogP contribution in [0.25, 0.3) is 16.9 Å². The second-order valence-corrected chi connectivity index (χ2v) is 9.01. The Morgan fingerprint density at radius 3 is 2.62 bits per heavy atom. The van der Waals surface area contributed by atoms with E-state index in [0.29, 0.717) is 27.5 Å². The number of nitrogens with zero attached hydrogens (tertiary/aromatic N) is 2. The molecule has 0 amide bonds. The zero-order valence-electron chi connectivity index (χ0n) is 18.1. The van der Waals surface area contributed by atoms with Gasteiger partial charge in [-0.15, -0.1) is 0 Å². The molecule has 32 heavy (non-hydrogen) atoms. The molecule has 0 atom stereocenters. The molecule has 168 valence electrons. The average Bonchev–Trinajstić information content (AvgIpc) is 3.47. The number of rotatable bonds is 8. The molecule has 0 unspecified atom stereocenters. The van der Waals surface area contributed by atoms with Gasteiger partial charge >= 0.3 is 5.97 Å². The third kappa shape index (κ3) is 5.09. The van der Waals surface area contributed by atoms with Crippen LogP contribution in [-0.2, 0) is 20.9 Å². The zero-order chi connectivity index (χ0) is 22.9. The van der Waals surface area contributed by atoms with Crippen LogP contribution < -0.4 is 4.74 Å². The van der Waals surface area contributed by atoms with Gasteiger partial charge in [-0.25, -0.2) is 9.48 Å². The van der Waals surface area contributed by atoms with Gasteiger partial charge in [0.1, 0.15) is 5.75 Å². The molecule has 0 aliphatic heterocycles. The van der Waals surface area contributed by atoms with Gasteiger partial charge in [-0.1, -0.05) is 35.3 Å². The largest absolute Gasteiger partial charge is 0.490 e. The number of carbonyl (C=O) groups is 1. The normalized spacial score (nSPS) is 13.8. The first-order valence-corrected chi connectivity index (χ1v) is 11.1. The molecule has 0 saturated heterocycles. The predicted molar refractivity (Wildman–Crippen MR) is 124 cm³/mol. The van der Waals surface area contributed by atoms with Gasteiger partial charge in [0.2, 0.25) is 0 Å². The third-order valence-corrected chi connectivity index (χ3v) is 5.65. The Morgan fingerprint density at radius 2 is 1.94 bits per heavy atom. The first-order valence-electron chi connectivity index (χ1n) is 10.3. The van der Waals surface area contributed by atoms with Gasteiger partial charge in [0.15, 0.2) is 5.60 Å². The molecule has 3 aromatic rings. The lowest BCUT2D eigenvalue weighted by Crippen LogP contribution is -2.35. The highest BCUT2D eigenvalue weighted by atomic mass is 35.5. The number of hydrogen-bond donors (Lipinski definition) is 0. The lowest BCUT2D eigenvalue weighted by molar-refractivity contribution is -0.166. The second kappa shape index (κ2) is 9.14. The molecule has 8 heteroatoms. The number of aromatic nitrogens is 2. The van der Waals surface area contributed by atoms with Crippen LogP contribution in [0.4, 0.5) is 0 Å². The molecule has 1 aliphatic carbocycles. The fourth-order valence-corrected chi connectivity index (χ4v) is 3.70. The van der Waals surface area contributed by atoms with Crippen LogP contribution in [0.3, 0.4) is 0 Å². The molecule has 1 fully saturated rings. The summed E-state index contributed by atoms with van der Waals surface area (Å²) in [6, 6.07) is 15.0. The summed E-state index contributed by atoms with van der Waals surface area (Å²) >= 11 is 12.6. The fourth-order valence-electron chi connectivity index (χ4n) is 3.21. The number of ether oxygens (including phenoxy) is 3. The van der Waals surface area contributed by atoms with Crippen molar-refractivity contribution in [1.29, 1.82) is 0 Å². The number of esters is 1. The number of hydrogen-bond acceptors (Lipinski definition) is 5. The Bertz CT molecular complexity index is 1140. The van der Waals surface area contributed by atoms with Crippen LogP contribution in [-0.4, -0.2) is 34.6 Å². The summed E-state index contributed by atoms with van der Waals surface area (Å²) in [5.74, 6) is 0.354. The molecule has 0 N–H and O–H groups in total. The summed E-state index contributed by atoms with van der Waals surface area (Å²) in [5.41, 5.74) is 1.94. The molecule has 2 aromatic carbocycles. The van der Waals surface area contributed by atoms with E-state index in [9.17, 15) is 4.79 Å². The molecule has 1 saturated carbocycles. The minimum Gasteiger partial charge on any atom is -0.490 e. The lowest BCUT2D eigenvalue weighted by atomic mass is 10.1. The van der Waals surface area contributed by atoms with Crippen molar-refractivity contribution in [1.82, 2.24) is 9.78 Å². The smallest absolute Gasteiger partial charge is 0.337 e. The van der Waals surface area contributed by atoms with E-state index in [1.54, 1.807) is 30.7 Å². The molecule has 1 aliphatic rings. The molecule has 0 radical (unpaired) electrons. The predicted octanol–water partition coefficient (Wildman–Crippen LogP) is 5.86. The first kappa shape index (κ1) is 22.6. The van der Waals surface area contributed by atoms with E-state index in [1.165, 1.54) is 7.11 Å². The highest BCUT2D eigenvalue weighted by Crippen LogP contribution is 2.33. The van der Waals surface area contributed by atoms with E-state index >= 15 is 0 Å². The van der Waals surface area contributed by atoms with Crippen LogP contribution in [0.1, 0.15) is 32.4 Å². The standard InChI is InChI=1S/C24H24Cl2N2O4/c1-24(2,23(29)30-3)31-14-17-13-22(15-5-4-6-19(11-15)32-18-8-9-18)28(27-17)21-10-7-16(25)12-20(21)26/h4-7,10-13,18H,8-9,14H2,1-3H3. The Morgan fingerprint density at radius 1 is 1.16 bits per heavy atom. The number of benzene rings is 2. The van der Waals surface area contributed by atoms with Crippen molar-refractivity contribution in [3.8, 4) is 22.7 Å². The summed E-state index contributed by atoms with van der Waals surface area (Å²) in [6.07, 6.45) is 2.46. The van der Waals surface area contributed by atoms with Gasteiger partial charge in [-0.05, 0) is 63.1 Å².